The number of benzene rings is 1. The van der Waals surface area contributed by atoms with Crippen LogP contribution >= 0.6 is 0 Å². The molecule has 27 heavy (non-hydrogen) atoms. The Hall–Kier alpha value is -2.32. The van der Waals surface area contributed by atoms with Gasteiger partial charge in [-0.2, -0.15) is 4.98 Å². The van der Waals surface area contributed by atoms with Crippen molar-refractivity contribution in [2.45, 2.75) is 38.5 Å². The lowest BCUT2D eigenvalue weighted by Crippen LogP contribution is -2.52. The zero-order chi connectivity index (χ0) is 18.8. The summed E-state index contributed by atoms with van der Waals surface area (Å²) in [5, 5.41) is 3.72. The minimum absolute atomic E-state index is 0.00836. The van der Waals surface area contributed by atoms with E-state index in [1.54, 1.807) is 19.1 Å². The largest absolute Gasteiger partial charge is 0.372 e. The van der Waals surface area contributed by atoms with Crippen molar-refractivity contribution in [1.82, 2.24) is 19.9 Å². The topological polar surface area (TPSA) is 71.7 Å². The highest BCUT2D eigenvalue weighted by atomic mass is 19.1. The van der Waals surface area contributed by atoms with Crippen molar-refractivity contribution < 1.29 is 18.4 Å². The number of aromatic nitrogens is 2. The van der Waals surface area contributed by atoms with Gasteiger partial charge < -0.3 is 14.2 Å². The maximum absolute atomic E-state index is 13.7. The Balaban J connectivity index is 1.29. The van der Waals surface area contributed by atoms with E-state index >= 15 is 0 Å². The molecule has 2 aliphatic rings. The number of piperazine rings is 1. The van der Waals surface area contributed by atoms with Crippen LogP contribution in [0.4, 0.5) is 4.39 Å². The van der Waals surface area contributed by atoms with Gasteiger partial charge in [-0.15, -0.1) is 0 Å². The third kappa shape index (κ3) is 4.17. The predicted octanol–water partition coefficient (Wildman–Crippen LogP) is 1.56. The molecule has 0 N–H and O–H groups in total. The first-order chi connectivity index (χ1) is 13.1. The van der Waals surface area contributed by atoms with Crippen LogP contribution < -0.4 is 0 Å². The van der Waals surface area contributed by atoms with Gasteiger partial charge in [-0.3, -0.25) is 9.69 Å². The molecule has 2 fully saturated rings. The second-order valence-corrected chi connectivity index (χ2v) is 7.16. The van der Waals surface area contributed by atoms with E-state index in [1.165, 1.54) is 6.07 Å². The Morgan fingerprint density at radius 1 is 1.33 bits per heavy atom. The molecule has 0 aliphatic carbocycles. The molecule has 0 spiro atoms. The average molecular weight is 374 g/mol. The maximum atomic E-state index is 13.7. The molecule has 144 valence electrons. The van der Waals surface area contributed by atoms with Gasteiger partial charge in [-0.1, -0.05) is 23.4 Å². The molecule has 1 aromatic carbocycles. The van der Waals surface area contributed by atoms with Crippen molar-refractivity contribution in [3.63, 3.8) is 0 Å². The summed E-state index contributed by atoms with van der Waals surface area (Å²) in [5.74, 6) is 0.668. The van der Waals surface area contributed by atoms with Gasteiger partial charge >= 0.3 is 0 Å². The van der Waals surface area contributed by atoms with Gasteiger partial charge in [0, 0.05) is 37.8 Å². The third-order valence-electron chi connectivity index (χ3n) is 5.23. The molecule has 1 aromatic heterocycles. The normalized spacial score (nSPS) is 22.8. The van der Waals surface area contributed by atoms with Gasteiger partial charge in [0.05, 0.1) is 12.7 Å². The molecule has 1 amide bonds. The Labute approximate surface area is 157 Å². The first-order valence-corrected chi connectivity index (χ1v) is 9.24. The van der Waals surface area contributed by atoms with Crippen LogP contribution in [-0.2, 0) is 22.6 Å². The van der Waals surface area contributed by atoms with Crippen LogP contribution in [0.1, 0.15) is 23.7 Å². The molecule has 0 radical (unpaired) electrons. The smallest absolute Gasteiger partial charge is 0.236 e. The number of nitrogens with zero attached hydrogens (tertiary/aromatic N) is 4. The molecule has 2 aliphatic heterocycles. The Morgan fingerprint density at radius 2 is 2.19 bits per heavy atom. The molecule has 4 rings (SSSR count). The highest BCUT2D eigenvalue weighted by Gasteiger charge is 2.38. The Morgan fingerprint density at radius 3 is 2.96 bits per heavy atom. The zero-order valence-corrected chi connectivity index (χ0v) is 15.3. The number of carbonyl (C=O) groups excluding carboxylic acids is 1. The van der Waals surface area contributed by atoms with Gasteiger partial charge in [-0.25, -0.2) is 4.39 Å². The van der Waals surface area contributed by atoms with Gasteiger partial charge in [-0.05, 0) is 19.4 Å². The quantitative estimate of drug-likeness (QED) is 0.791. The van der Waals surface area contributed by atoms with Crippen molar-refractivity contribution in [2.24, 2.45) is 0 Å². The molecule has 0 bridgehead atoms. The number of rotatable bonds is 5. The number of halogens is 1. The molecule has 8 heteroatoms. The van der Waals surface area contributed by atoms with Crippen LogP contribution in [0.3, 0.4) is 0 Å². The van der Waals surface area contributed by atoms with E-state index in [-0.39, 0.29) is 36.9 Å². The Bertz CT molecular complexity index is 812. The average Bonchev–Trinajstić information content (AvgIpc) is 3.25. The van der Waals surface area contributed by atoms with E-state index < -0.39 is 0 Å². The maximum Gasteiger partial charge on any atom is 0.236 e. The highest BCUT2D eigenvalue weighted by Crippen LogP contribution is 2.25. The molecule has 2 aromatic rings. The first kappa shape index (κ1) is 18.1. The zero-order valence-electron chi connectivity index (χ0n) is 15.3. The van der Waals surface area contributed by atoms with Crippen LogP contribution in [0.5, 0.6) is 0 Å². The monoisotopic (exact) mass is 374 g/mol. The van der Waals surface area contributed by atoms with Crippen LogP contribution in [-0.4, -0.2) is 64.2 Å². The standard InChI is InChI=1S/C19H23FN4O3/c1-13-21-18(27-22-13)9-19(25)24-7-6-23-11-16(8-15(23)10-24)26-12-14-4-2-3-5-17(14)20/h2-5,15-16H,6-12H2,1H3. The van der Waals surface area contributed by atoms with Gasteiger partial charge in [0.25, 0.3) is 0 Å². The summed E-state index contributed by atoms with van der Waals surface area (Å²) in [5.41, 5.74) is 0.578. The van der Waals surface area contributed by atoms with Crippen LogP contribution in [0.25, 0.3) is 0 Å². The molecule has 2 atom stereocenters. The summed E-state index contributed by atoms with van der Waals surface area (Å²) in [6.07, 6.45) is 1.04. The minimum atomic E-state index is -0.235. The Kier molecular flexibility index (Phi) is 5.18. The van der Waals surface area contributed by atoms with Gasteiger partial charge in [0.2, 0.25) is 11.8 Å². The van der Waals surface area contributed by atoms with Crippen LogP contribution in [0.2, 0.25) is 0 Å². The van der Waals surface area contributed by atoms with E-state index in [2.05, 4.69) is 15.0 Å². The van der Waals surface area contributed by atoms with Gasteiger partial charge in [0.1, 0.15) is 12.2 Å². The van der Waals surface area contributed by atoms with E-state index in [0.29, 0.717) is 30.4 Å². The molecule has 0 saturated carbocycles. The van der Waals surface area contributed by atoms with E-state index in [9.17, 15) is 9.18 Å². The summed E-state index contributed by atoms with van der Waals surface area (Å²) >= 11 is 0. The summed E-state index contributed by atoms with van der Waals surface area (Å²) < 4.78 is 24.7. The summed E-state index contributed by atoms with van der Waals surface area (Å²) in [6, 6.07) is 6.96. The van der Waals surface area contributed by atoms with Crippen molar-refractivity contribution in [3.8, 4) is 0 Å². The third-order valence-corrected chi connectivity index (χ3v) is 5.23. The second kappa shape index (κ2) is 7.74. The number of amides is 1. The van der Waals surface area contributed by atoms with Crippen LogP contribution in [0.15, 0.2) is 28.8 Å². The number of fused-ring (bicyclic) bond motifs is 1. The summed E-state index contributed by atoms with van der Waals surface area (Å²) in [7, 11) is 0. The number of ether oxygens (including phenoxy) is 1. The number of hydrogen-bond acceptors (Lipinski definition) is 6. The molecule has 7 nitrogen and oxygen atoms in total. The van der Waals surface area contributed by atoms with Crippen LogP contribution in [0, 0.1) is 12.7 Å². The number of carbonyl (C=O) groups is 1. The molecule has 2 saturated heterocycles. The first-order valence-electron chi connectivity index (χ1n) is 9.24. The molecular formula is C19H23FN4O3. The second-order valence-electron chi connectivity index (χ2n) is 7.16. The van der Waals surface area contributed by atoms with Crippen molar-refractivity contribution in [3.05, 3.63) is 47.4 Å². The van der Waals surface area contributed by atoms with Crippen molar-refractivity contribution in [2.75, 3.05) is 26.2 Å². The van der Waals surface area contributed by atoms with E-state index in [4.69, 9.17) is 9.26 Å². The van der Waals surface area contributed by atoms with E-state index in [0.717, 1.165) is 19.5 Å². The van der Waals surface area contributed by atoms with Gasteiger partial charge in [0.15, 0.2) is 5.82 Å². The molecule has 2 unspecified atom stereocenters. The molecule has 3 heterocycles. The lowest BCUT2D eigenvalue weighted by Gasteiger charge is -2.37. The lowest BCUT2D eigenvalue weighted by molar-refractivity contribution is -0.133. The highest BCUT2D eigenvalue weighted by molar-refractivity contribution is 5.78. The SMILES string of the molecule is Cc1noc(CC(=O)N2CCN3CC(OCc4ccccc4F)CC3C2)n1. The predicted molar refractivity (Wildman–Crippen MR) is 94.3 cm³/mol. The fraction of sp³-hybridized carbons (Fsp3) is 0.526. The van der Waals surface area contributed by atoms with Crippen molar-refractivity contribution in [1.29, 1.82) is 0 Å². The lowest BCUT2D eigenvalue weighted by atomic mass is 10.1. The molecular weight excluding hydrogens is 351 g/mol. The number of hydrogen-bond donors (Lipinski definition) is 0. The summed E-state index contributed by atoms with van der Waals surface area (Å²) in [6.45, 7) is 5.00. The fourth-order valence-electron chi connectivity index (χ4n) is 3.82. The number of aryl methyl sites for hydroxylation is 1. The fourth-order valence-corrected chi connectivity index (χ4v) is 3.82. The van der Waals surface area contributed by atoms with E-state index in [1.807, 2.05) is 11.0 Å². The van der Waals surface area contributed by atoms with Crippen molar-refractivity contribution >= 4 is 5.91 Å². The summed E-state index contributed by atoms with van der Waals surface area (Å²) in [4.78, 5) is 20.8. The minimum Gasteiger partial charge on any atom is -0.372 e.